The molecule has 0 radical (unpaired) electrons. The quantitative estimate of drug-likeness (QED) is 0.507. The van der Waals surface area contributed by atoms with E-state index in [1.165, 1.54) is 5.56 Å². The number of phenols is 1. The van der Waals surface area contributed by atoms with Crippen LogP contribution in [-0.4, -0.2) is 55.4 Å². The molecule has 0 atom stereocenters. The van der Waals surface area contributed by atoms with E-state index in [1.54, 1.807) is 0 Å². The molecule has 6 nitrogen and oxygen atoms in total. The van der Waals surface area contributed by atoms with Crippen LogP contribution >= 0.6 is 0 Å². The molecule has 3 rings (SSSR count). The number of amides is 2. The number of para-hydroxylation sites is 1. The maximum absolute atomic E-state index is 12.5. The third kappa shape index (κ3) is 7.71. The number of ether oxygens (including phenoxy) is 1. The van der Waals surface area contributed by atoms with E-state index in [-0.39, 0.29) is 16.9 Å². The average molecular weight is 482 g/mol. The Morgan fingerprint density at radius 2 is 1.57 bits per heavy atom. The minimum Gasteiger partial charge on any atom is -0.507 e. The lowest BCUT2D eigenvalue weighted by Crippen LogP contribution is -2.42. The largest absolute Gasteiger partial charge is 0.507 e. The summed E-state index contributed by atoms with van der Waals surface area (Å²) in [4.78, 5) is 14.8. The number of urea groups is 1. The molecule has 1 saturated heterocycles. The lowest BCUT2D eigenvalue weighted by Gasteiger charge is -2.28. The summed E-state index contributed by atoms with van der Waals surface area (Å²) in [6.45, 7) is 17.6. The molecule has 0 bridgehead atoms. The van der Waals surface area contributed by atoms with Gasteiger partial charge in [-0.3, -0.25) is 4.90 Å². The van der Waals surface area contributed by atoms with E-state index in [9.17, 15) is 9.90 Å². The summed E-state index contributed by atoms with van der Waals surface area (Å²) < 4.78 is 5.37. The fourth-order valence-corrected chi connectivity index (χ4v) is 4.44. The Labute approximate surface area is 211 Å². The Morgan fingerprint density at radius 3 is 2.17 bits per heavy atom. The van der Waals surface area contributed by atoms with Gasteiger partial charge in [-0.25, -0.2) is 4.79 Å². The molecule has 35 heavy (non-hydrogen) atoms. The second kappa shape index (κ2) is 11.4. The zero-order valence-electron chi connectivity index (χ0n) is 22.3. The predicted octanol–water partition coefficient (Wildman–Crippen LogP) is 5.23. The highest BCUT2D eigenvalue weighted by molar-refractivity contribution is 5.90. The molecule has 2 aromatic carbocycles. The molecule has 1 aliphatic heterocycles. The molecule has 2 aromatic rings. The van der Waals surface area contributed by atoms with Crippen molar-refractivity contribution in [3.05, 3.63) is 58.7 Å². The van der Waals surface area contributed by atoms with Crippen molar-refractivity contribution in [2.24, 2.45) is 0 Å². The highest BCUT2D eigenvalue weighted by atomic mass is 16.5. The van der Waals surface area contributed by atoms with Crippen molar-refractivity contribution in [1.29, 1.82) is 0 Å². The second-order valence-electron chi connectivity index (χ2n) is 11.5. The summed E-state index contributed by atoms with van der Waals surface area (Å²) in [5.41, 5.74) is 4.78. The number of benzene rings is 2. The summed E-state index contributed by atoms with van der Waals surface area (Å²) in [7, 11) is 0. The Morgan fingerprint density at radius 1 is 0.971 bits per heavy atom. The van der Waals surface area contributed by atoms with Gasteiger partial charge in [0.25, 0.3) is 0 Å². The SMILES string of the molecule is CC(C)(C)c1cc(CCc2ccccc2NC(=O)NCCN2CCOCC2)cc(C(C)(C)C)c1O. The van der Waals surface area contributed by atoms with Gasteiger partial charge in [-0.1, -0.05) is 71.9 Å². The van der Waals surface area contributed by atoms with Crippen LogP contribution in [0.25, 0.3) is 0 Å². The summed E-state index contributed by atoms with van der Waals surface area (Å²) >= 11 is 0. The molecular formula is C29H43N3O3. The van der Waals surface area contributed by atoms with Crippen LogP contribution in [0.3, 0.4) is 0 Å². The fraction of sp³-hybridized carbons (Fsp3) is 0.552. The monoisotopic (exact) mass is 481 g/mol. The Bertz CT molecular complexity index is 964. The lowest BCUT2D eigenvalue weighted by molar-refractivity contribution is 0.0388. The van der Waals surface area contributed by atoms with Gasteiger partial charge in [-0.05, 0) is 52.0 Å². The molecule has 0 unspecified atom stereocenters. The minimum atomic E-state index is -0.180. The third-order valence-electron chi connectivity index (χ3n) is 6.55. The Hall–Kier alpha value is -2.57. The first kappa shape index (κ1) is 27.0. The maximum atomic E-state index is 12.5. The minimum absolute atomic E-state index is 0.154. The Balaban J connectivity index is 1.67. The molecular weight excluding hydrogens is 438 g/mol. The maximum Gasteiger partial charge on any atom is 0.319 e. The van der Waals surface area contributed by atoms with Crippen LogP contribution in [0, 0.1) is 0 Å². The van der Waals surface area contributed by atoms with Crippen molar-refractivity contribution in [2.75, 3.05) is 44.7 Å². The standard InChI is InChI=1S/C29H43N3O3/c1-28(2,3)23-19-21(20-24(26(23)33)29(4,5)6)11-12-22-9-7-8-10-25(22)31-27(34)30-13-14-32-15-17-35-18-16-32/h7-10,19-20,33H,11-18H2,1-6H3,(H2,30,31,34). The number of anilines is 1. The van der Waals surface area contributed by atoms with Crippen LogP contribution in [-0.2, 0) is 28.4 Å². The Kier molecular flexibility index (Phi) is 8.84. The van der Waals surface area contributed by atoms with Gasteiger partial charge in [-0.15, -0.1) is 0 Å². The molecule has 6 heteroatoms. The van der Waals surface area contributed by atoms with Crippen LogP contribution < -0.4 is 10.6 Å². The molecule has 1 heterocycles. The molecule has 1 aliphatic rings. The number of rotatable bonds is 7. The van der Waals surface area contributed by atoms with Crippen LogP contribution in [0.15, 0.2) is 36.4 Å². The number of aryl methyl sites for hydroxylation is 2. The lowest BCUT2D eigenvalue weighted by atomic mass is 9.78. The number of phenolic OH excluding ortho intramolecular Hbond substituents is 1. The zero-order valence-corrected chi connectivity index (χ0v) is 22.3. The summed E-state index contributed by atoms with van der Waals surface area (Å²) in [5, 5.41) is 17.0. The van der Waals surface area contributed by atoms with Crippen LogP contribution in [0.2, 0.25) is 0 Å². The van der Waals surface area contributed by atoms with Gasteiger partial charge in [-0.2, -0.15) is 0 Å². The second-order valence-corrected chi connectivity index (χ2v) is 11.5. The molecule has 3 N–H and O–H groups in total. The van der Waals surface area contributed by atoms with E-state index >= 15 is 0 Å². The van der Waals surface area contributed by atoms with Gasteiger partial charge in [0.2, 0.25) is 0 Å². The summed E-state index contributed by atoms with van der Waals surface area (Å²) in [5.74, 6) is 0.407. The highest BCUT2D eigenvalue weighted by Crippen LogP contribution is 2.40. The number of morpholine rings is 1. The molecule has 0 aliphatic carbocycles. The zero-order chi connectivity index (χ0) is 25.6. The van der Waals surface area contributed by atoms with Gasteiger partial charge >= 0.3 is 6.03 Å². The van der Waals surface area contributed by atoms with Gasteiger partial charge in [0, 0.05) is 31.9 Å². The van der Waals surface area contributed by atoms with Crippen molar-refractivity contribution in [3.63, 3.8) is 0 Å². The van der Waals surface area contributed by atoms with Gasteiger partial charge in [0.15, 0.2) is 0 Å². The van der Waals surface area contributed by atoms with Crippen LogP contribution in [0.5, 0.6) is 5.75 Å². The number of carbonyl (C=O) groups is 1. The van der Waals surface area contributed by atoms with Crippen molar-refractivity contribution >= 4 is 11.7 Å². The fourth-order valence-electron chi connectivity index (χ4n) is 4.44. The van der Waals surface area contributed by atoms with Crippen LogP contribution in [0.4, 0.5) is 10.5 Å². The van der Waals surface area contributed by atoms with Crippen molar-refractivity contribution in [2.45, 2.75) is 65.2 Å². The van der Waals surface area contributed by atoms with Crippen molar-refractivity contribution in [1.82, 2.24) is 10.2 Å². The van der Waals surface area contributed by atoms with E-state index in [1.807, 2.05) is 18.2 Å². The normalized spacial score (nSPS) is 15.1. The first-order chi connectivity index (χ1) is 16.4. The summed E-state index contributed by atoms with van der Waals surface area (Å²) in [6.07, 6.45) is 1.62. The number of hydrogen-bond donors (Lipinski definition) is 3. The topological polar surface area (TPSA) is 73.8 Å². The van der Waals surface area contributed by atoms with Crippen LogP contribution in [0.1, 0.15) is 63.8 Å². The first-order valence-corrected chi connectivity index (χ1v) is 12.7. The molecule has 2 amide bonds. The van der Waals surface area contributed by atoms with E-state index < -0.39 is 0 Å². The molecule has 0 spiro atoms. The number of carbonyl (C=O) groups excluding carboxylic acids is 1. The summed E-state index contributed by atoms with van der Waals surface area (Å²) in [6, 6.07) is 12.1. The molecule has 192 valence electrons. The third-order valence-corrected chi connectivity index (χ3v) is 6.55. The number of nitrogens with one attached hydrogen (secondary N) is 2. The average Bonchev–Trinajstić information content (AvgIpc) is 2.78. The highest BCUT2D eigenvalue weighted by Gasteiger charge is 2.26. The predicted molar refractivity (Wildman–Crippen MR) is 144 cm³/mol. The number of hydrogen-bond acceptors (Lipinski definition) is 4. The van der Waals surface area contributed by atoms with E-state index in [0.717, 1.165) is 68.1 Å². The van der Waals surface area contributed by atoms with E-state index in [4.69, 9.17) is 4.74 Å². The van der Waals surface area contributed by atoms with Gasteiger partial charge < -0.3 is 20.5 Å². The molecule has 1 fully saturated rings. The van der Waals surface area contributed by atoms with E-state index in [0.29, 0.717) is 12.3 Å². The smallest absolute Gasteiger partial charge is 0.319 e. The van der Waals surface area contributed by atoms with Crippen molar-refractivity contribution in [3.8, 4) is 5.75 Å². The number of nitrogens with zero attached hydrogens (tertiary/aromatic N) is 1. The van der Waals surface area contributed by atoms with Crippen molar-refractivity contribution < 1.29 is 14.6 Å². The number of aromatic hydroxyl groups is 1. The van der Waals surface area contributed by atoms with Gasteiger partial charge in [0.05, 0.1) is 13.2 Å². The molecule has 0 saturated carbocycles. The molecule has 0 aromatic heterocycles. The first-order valence-electron chi connectivity index (χ1n) is 12.7. The van der Waals surface area contributed by atoms with E-state index in [2.05, 4.69) is 75.3 Å². The van der Waals surface area contributed by atoms with Gasteiger partial charge in [0.1, 0.15) is 5.75 Å².